The number of benzene rings is 1. The molecule has 6 nitrogen and oxygen atoms in total. The average Bonchev–Trinajstić information content (AvgIpc) is 2.94. The topological polar surface area (TPSA) is 60.2 Å². The van der Waals surface area contributed by atoms with E-state index in [0.717, 1.165) is 28.7 Å². The predicted molar refractivity (Wildman–Crippen MR) is 86.4 cm³/mol. The van der Waals surface area contributed by atoms with Gasteiger partial charge in [-0.1, -0.05) is 36.0 Å². The molecule has 1 aromatic heterocycles. The highest BCUT2D eigenvalue weighted by Gasteiger charge is 2.16. The zero-order valence-corrected chi connectivity index (χ0v) is 14.1. The molecule has 1 amide bonds. The molecule has 2 aromatic rings. The van der Waals surface area contributed by atoms with E-state index in [1.807, 2.05) is 42.7 Å². The molecule has 1 aromatic carbocycles. The molecule has 0 radical (unpaired) electrons. The maximum atomic E-state index is 11.8. The van der Waals surface area contributed by atoms with E-state index in [-0.39, 0.29) is 11.7 Å². The molecule has 0 aliphatic carbocycles. The van der Waals surface area contributed by atoms with Gasteiger partial charge in [-0.15, -0.1) is 10.2 Å². The van der Waals surface area contributed by atoms with Crippen LogP contribution in [0.5, 0.6) is 0 Å². The lowest BCUT2D eigenvalue weighted by molar-refractivity contribution is -0.165. The number of thioether (sulfide) groups is 1. The van der Waals surface area contributed by atoms with Gasteiger partial charge in [-0.25, -0.2) is 5.06 Å². The molecule has 118 valence electrons. The van der Waals surface area contributed by atoms with Crippen molar-refractivity contribution in [3.63, 3.8) is 0 Å². The van der Waals surface area contributed by atoms with Gasteiger partial charge < -0.3 is 4.57 Å². The van der Waals surface area contributed by atoms with Gasteiger partial charge in [0.25, 0.3) is 5.91 Å². The summed E-state index contributed by atoms with van der Waals surface area (Å²) in [7, 11) is 3.06. The fourth-order valence-electron chi connectivity index (χ4n) is 2.02. The van der Waals surface area contributed by atoms with Gasteiger partial charge in [-0.05, 0) is 19.4 Å². The van der Waals surface area contributed by atoms with Gasteiger partial charge in [0, 0.05) is 19.2 Å². The minimum atomic E-state index is -0.115. The van der Waals surface area contributed by atoms with Crippen molar-refractivity contribution in [2.75, 3.05) is 19.9 Å². The van der Waals surface area contributed by atoms with E-state index in [1.54, 1.807) is 7.05 Å². The number of hydrogen-bond donors (Lipinski definition) is 0. The van der Waals surface area contributed by atoms with Gasteiger partial charge in [0.15, 0.2) is 11.0 Å². The Morgan fingerprint density at radius 3 is 2.73 bits per heavy atom. The number of rotatable bonds is 6. The van der Waals surface area contributed by atoms with E-state index in [2.05, 4.69) is 10.2 Å². The van der Waals surface area contributed by atoms with Crippen LogP contribution in [0.2, 0.25) is 0 Å². The Morgan fingerprint density at radius 2 is 2.09 bits per heavy atom. The number of carbonyl (C=O) groups excluding carboxylic acids is 1. The second-order valence-corrected chi connectivity index (χ2v) is 5.67. The summed E-state index contributed by atoms with van der Waals surface area (Å²) >= 11 is 1.36. The molecule has 22 heavy (non-hydrogen) atoms. The van der Waals surface area contributed by atoms with Gasteiger partial charge >= 0.3 is 0 Å². The van der Waals surface area contributed by atoms with Crippen LogP contribution in [0.3, 0.4) is 0 Å². The number of nitrogens with zero attached hydrogens (tertiary/aromatic N) is 4. The molecule has 2 rings (SSSR count). The molecule has 0 atom stereocenters. The molecule has 7 heteroatoms. The third-order valence-electron chi connectivity index (χ3n) is 3.37. The van der Waals surface area contributed by atoms with Crippen molar-refractivity contribution in [1.82, 2.24) is 19.8 Å². The van der Waals surface area contributed by atoms with Crippen LogP contribution in [0.1, 0.15) is 12.5 Å². The third-order valence-corrected chi connectivity index (χ3v) is 4.32. The number of aryl methyl sites for hydroxylation is 1. The maximum Gasteiger partial charge on any atom is 0.256 e. The molecule has 0 fully saturated rings. The van der Waals surface area contributed by atoms with E-state index in [0.29, 0.717) is 0 Å². The minimum Gasteiger partial charge on any atom is -0.302 e. The Hall–Kier alpha value is -1.86. The summed E-state index contributed by atoms with van der Waals surface area (Å²) < 4.78 is 2.02. The van der Waals surface area contributed by atoms with Gasteiger partial charge in [0.05, 0.1) is 12.9 Å². The van der Waals surface area contributed by atoms with E-state index in [4.69, 9.17) is 4.84 Å². The lowest BCUT2D eigenvalue weighted by Gasteiger charge is -2.13. The van der Waals surface area contributed by atoms with Gasteiger partial charge in [0.1, 0.15) is 0 Å². The highest BCUT2D eigenvalue weighted by Crippen LogP contribution is 2.26. The fourth-order valence-corrected chi connectivity index (χ4v) is 2.93. The SMILES string of the molecule is CCn1c(SCC(=O)N(C)OC)nnc1-c1ccccc1C. The molecule has 0 N–H and O–H groups in total. The molecule has 0 aliphatic heterocycles. The normalized spacial score (nSPS) is 10.7. The van der Waals surface area contributed by atoms with Gasteiger partial charge in [-0.3, -0.25) is 9.63 Å². The summed E-state index contributed by atoms with van der Waals surface area (Å²) in [6, 6.07) is 8.07. The van der Waals surface area contributed by atoms with Crippen molar-refractivity contribution in [2.24, 2.45) is 0 Å². The Bertz CT molecular complexity index is 657. The Balaban J connectivity index is 2.22. The summed E-state index contributed by atoms with van der Waals surface area (Å²) in [5, 5.41) is 10.5. The molecule has 0 spiro atoms. The summed E-state index contributed by atoms with van der Waals surface area (Å²) in [6.07, 6.45) is 0. The number of aromatic nitrogens is 3. The standard InChI is InChI=1S/C15H20N4O2S/c1-5-19-14(12-9-7-6-8-11(12)2)16-17-15(19)22-10-13(20)18(3)21-4/h6-9H,5,10H2,1-4H3. The third kappa shape index (κ3) is 3.48. The lowest BCUT2D eigenvalue weighted by Crippen LogP contribution is -2.27. The predicted octanol–water partition coefficient (Wildman–Crippen LogP) is 2.39. The minimum absolute atomic E-state index is 0.115. The van der Waals surface area contributed by atoms with E-state index < -0.39 is 0 Å². The van der Waals surface area contributed by atoms with Crippen molar-refractivity contribution >= 4 is 17.7 Å². The van der Waals surface area contributed by atoms with Crippen molar-refractivity contribution in [1.29, 1.82) is 0 Å². The Morgan fingerprint density at radius 1 is 1.36 bits per heavy atom. The average molecular weight is 320 g/mol. The van der Waals surface area contributed by atoms with E-state index >= 15 is 0 Å². The molecule has 0 saturated carbocycles. The lowest BCUT2D eigenvalue weighted by atomic mass is 10.1. The van der Waals surface area contributed by atoms with E-state index in [1.165, 1.54) is 23.9 Å². The molecule has 1 heterocycles. The van der Waals surface area contributed by atoms with Gasteiger partial charge in [0.2, 0.25) is 0 Å². The summed E-state index contributed by atoms with van der Waals surface area (Å²) in [6.45, 7) is 4.83. The van der Waals surface area contributed by atoms with Crippen LogP contribution in [0, 0.1) is 6.92 Å². The summed E-state index contributed by atoms with van der Waals surface area (Å²) in [4.78, 5) is 16.7. The van der Waals surface area contributed by atoms with Crippen LogP contribution in [0.15, 0.2) is 29.4 Å². The summed E-state index contributed by atoms with van der Waals surface area (Å²) in [5.74, 6) is 0.974. The van der Waals surface area contributed by atoms with Crippen molar-refractivity contribution < 1.29 is 9.63 Å². The first-order valence-electron chi connectivity index (χ1n) is 7.01. The molecule has 0 unspecified atom stereocenters. The van der Waals surface area contributed by atoms with Crippen LogP contribution in [0.25, 0.3) is 11.4 Å². The number of hydroxylamine groups is 2. The molecule has 0 aliphatic rings. The highest BCUT2D eigenvalue weighted by molar-refractivity contribution is 7.99. The Kier molecular flexibility index (Phi) is 5.57. The van der Waals surface area contributed by atoms with Crippen LogP contribution in [-0.4, -0.2) is 45.6 Å². The van der Waals surface area contributed by atoms with Crippen molar-refractivity contribution in [3.05, 3.63) is 29.8 Å². The number of amides is 1. The fraction of sp³-hybridized carbons (Fsp3) is 0.400. The van der Waals surface area contributed by atoms with Crippen LogP contribution in [0.4, 0.5) is 0 Å². The van der Waals surface area contributed by atoms with Crippen LogP contribution >= 0.6 is 11.8 Å². The molecular formula is C15H20N4O2S. The van der Waals surface area contributed by atoms with Crippen LogP contribution in [-0.2, 0) is 16.2 Å². The second kappa shape index (κ2) is 7.42. The molecular weight excluding hydrogens is 300 g/mol. The number of carbonyl (C=O) groups is 1. The van der Waals surface area contributed by atoms with Gasteiger partial charge in [-0.2, -0.15) is 0 Å². The largest absolute Gasteiger partial charge is 0.302 e. The Labute approximate surface area is 134 Å². The summed E-state index contributed by atoms with van der Waals surface area (Å²) in [5.41, 5.74) is 2.21. The zero-order chi connectivity index (χ0) is 16.1. The molecule has 0 saturated heterocycles. The quantitative estimate of drug-likeness (QED) is 0.604. The molecule has 0 bridgehead atoms. The first kappa shape index (κ1) is 16.5. The van der Waals surface area contributed by atoms with Crippen molar-refractivity contribution in [3.8, 4) is 11.4 Å². The first-order chi connectivity index (χ1) is 10.6. The second-order valence-electron chi connectivity index (χ2n) is 4.73. The first-order valence-corrected chi connectivity index (χ1v) is 7.99. The van der Waals surface area contributed by atoms with Crippen molar-refractivity contribution in [2.45, 2.75) is 25.5 Å². The zero-order valence-electron chi connectivity index (χ0n) is 13.2. The smallest absolute Gasteiger partial charge is 0.256 e. The monoisotopic (exact) mass is 320 g/mol. The maximum absolute atomic E-state index is 11.8. The highest BCUT2D eigenvalue weighted by atomic mass is 32.2. The van der Waals surface area contributed by atoms with Crippen LogP contribution < -0.4 is 0 Å². The van der Waals surface area contributed by atoms with E-state index in [9.17, 15) is 4.79 Å². The number of hydrogen-bond acceptors (Lipinski definition) is 5.